The zero-order chi connectivity index (χ0) is 11.8. The Morgan fingerprint density at radius 1 is 1.00 bits per heavy atom. The molecule has 0 aliphatic rings. The Hall–Kier alpha value is -2.36. The first-order valence-electron chi connectivity index (χ1n) is 5.25. The van der Waals surface area contributed by atoms with Gasteiger partial charge >= 0.3 is 0 Å². The van der Waals surface area contributed by atoms with Crippen LogP contribution in [0, 0.1) is 5.82 Å². The van der Waals surface area contributed by atoms with Crippen molar-refractivity contribution in [3.63, 3.8) is 0 Å². The molecule has 0 spiro atoms. The van der Waals surface area contributed by atoms with Crippen LogP contribution in [0.25, 0.3) is 16.6 Å². The summed E-state index contributed by atoms with van der Waals surface area (Å²) in [4.78, 5) is 0. The van der Waals surface area contributed by atoms with E-state index in [-0.39, 0.29) is 5.82 Å². The maximum Gasteiger partial charge on any atom is 0.153 e. The normalized spacial score (nSPS) is 10.9. The highest BCUT2D eigenvalue weighted by molar-refractivity contribution is 5.90. The summed E-state index contributed by atoms with van der Waals surface area (Å²) in [6.45, 7) is 0. The van der Waals surface area contributed by atoms with Crippen LogP contribution in [-0.4, -0.2) is 9.78 Å². The van der Waals surface area contributed by atoms with E-state index in [9.17, 15) is 4.39 Å². The molecule has 1 heterocycles. The largest absolute Gasteiger partial charge is 0.382 e. The van der Waals surface area contributed by atoms with Crippen LogP contribution in [0.3, 0.4) is 0 Å². The lowest BCUT2D eigenvalue weighted by Gasteiger charge is -2.02. The second-order valence-corrected chi connectivity index (χ2v) is 3.79. The van der Waals surface area contributed by atoms with E-state index in [1.165, 1.54) is 12.1 Å². The molecule has 4 heteroatoms. The average molecular weight is 227 g/mol. The second-order valence-electron chi connectivity index (χ2n) is 3.79. The summed E-state index contributed by atoms with van der Waals surface area (Å²) in [6, 6.07) is 13.8. The minimum Gasteiger partial charge on any atom is -0.382 e. The molecule has 3 aromatic rings. The summed E-state index contributed by atoms with van der Waals surface area (Å²) in [5, 5.41) is 5.16. The van der Waals surface area contributed by atoms with Crippen molar-refractivity contribution in [2.75, 3.05) is 5.73 Å². The van der Waals surface area contributed by atoms with Crippen molar-refractivity contribution in [2.24, 2.45) is 0 Å². The molecule has 0 aliphatic heterocycles. The number of benzene rings is 2. The number of anilines is 1. The third kappa shape index (κ3) is 1.54. The molecule has 0 saturated heterocycles. The Labute approximate surface area is 97.3 Å². The molecule has 2 aromatic carbocycles. The lowest BCUT2D eigenvalue weighted by Crippen LogP contribution is -1.97. The van der Waals surface area contributed by atoms with E-state index in [1.54, 1.807) is 16.8 Å². The Morgan fingerprint density at radius 2 is 1.71 bits per heavy atom. The molecule has 0 fully saturated rings. The number of nitrogens with zero attached hydrogens (tertiary/aromatic N) is 2. The van der Waals surface area contributed by atoms with Gasteiger partial charge in [0.2, 0.25) is 0 Å². The molecule has 3 nitrogen and oxygen atoms in total. The van der Waals surface area contributed by atoms with Crippen molar-refractivity contribution in [3.8, 4) is 5.69 Å². The SMILES string of the molecule is Nc1nn(-c2ccc(F)cc2)c2ccccc12. The van der Waals surface area contributed by atoms with Crippen LogP contribution < -0.4 is 5.73 Å². The van der Waals surface area contributed by atoms with Gasteiger partial charge in [-0.2, -0.15) is 0 Å². The molecule has 0 atom stereocenters. The number of aromatic nitrogens is 2. The molecule has 2 N–H and O–H groups in total. The van der Waals surface area contributed by atoms with E-state index in [0.717, 1.165) is 16.6 Å². The van der Waals surface area contributed by atoms with Gasteiger partial charge in [-0.25, -0.2) is 9.07 Å². The molecule has 84 valence electrons. The molecule has 0 aliphatic carbocycles. The van der Waals surface area contributed by atoms with Gasteiger partial charge in [-0.05, 0) is 36.4 Å². The van der Waals surface area contributed by atoms with Crippen molar-refractivity contribution in [3.05, 3.63) is 54.3 Å². The van der Waals surface area contributed by atoms with Crippen molar-refractivity contribution in [1.82, 2.24) is 9.78 Å². The smallest absolute Gasteiger partial charge is 0.153 e. The first-order valence-corrected chi connectivity index (χ1v) is 5.25. The van der Waals surface area contributed by atoms with Gasteiger partial charge in [0.15, 0.2) is 5.82 Å². The standard InChI is InChI=1S/C13H10FN3/c14-9-5-7-10(8-6-9)17-12-4-2-1-3-11(12)13(15)16-17/h1-8H,(H2,15,16). The van der Waals surface area contributed by atoms with Crippen LogP contribution >= 0.6 is 0 Å². The van der Waals surface area contributed by atoms with Gasteiger partial charge in [0.25, 0.3) is 0 Å². The average Bonchev–Trinajstić information content (AvgIpc) is 2.69. The number of fused-ring (bicyclic) bond motifs is 1. The summed E-state index contributed by atoms with van der Waals surface area (Å²) >= 11 is 0. The van der Waals surface area contributed by atoms with Crippen molar-refractivity contribution < 1.29 is 4.39 Å². The fourth-order valence-corrected chi connectivity index (χ4v) is 1.87. The number of rotatable bonds is 1. The number of halogens is 1. The first-order chi connectivity index (χ1) is 8.25. The van der Waals surface area contributed by atoms with Gasteiger partial charge in [0, 0.05) is 5.39 Å². The number of hydrogen-bond donors (Lipinski definition) is 1. The number of nitrogen functional groups attached to an aromatic ring is 1. The zero-order valence-corrected chi connectivity index (χ0v) is 8.97. The number of hydrogen-bond acceptors (Lipinski definition) is 2. The maximum atomic E-state index is 12.9. The highest BCUT2D eigenvalue weighted by Gasteiger charge is 2.08. The van der Waals surface area contributed by atoms with Crippen LogP contribution in [0.15, 0.2) is 48.5 Å². The van der Waals surface area contributed by atoms with E-state index < -0.39 is 0 Å². The molecular weight excluding hydrogens is 217 g/mol. The van der Waals surface area contributed by atoms with Crippen LogP contribution in [-0.2, 0) is 0 Å². The quantitative estimate of drug-likeness (QED) is 0.694. The highest BCUT2D eigenvalue weighted by Crippen LogP contribution is 2.23. The Bertz CT molecular complexity index is 671. The number of nitrogens with two attached hydrogens (primary N) is 1. The minimum absolute atomic E-state index is 0.266. The first kappa shape index (κ1) is 9.84. The van der Waals surface area contributed by atoms with Crippen molar-refractivity contribution in [1.29, 1.82) is 0 Å². The topological polar surface area (TPSA) is 43.8 Å². The predicted molar refractivity (Wildman–Crippen MR) is 65.4 cm³/mol. The summed E-state index contributed by atoms with van der Waals surface area (Å²) in [7, 11) is 0. The molecule has 0 unspecified atom stereocenters. The van der Waals surface area contributed by atoms with Gasteiger partial charge in [-0.15, -0.1) is 5.10 Å². The monoisotopic (exact) mass is 227 g/mol. The van der Waals surface area contributed by atoms with Crippen LogP contribution in [0.2, 0.25) is 0 Å². The van der Waals surface area contributed by atoms with Crippen molar-refractivity contribution >= 4 is 16.7 Å². The molecule has 3 rings (SSSR count). The molecular formula is C13H10FN3. The molecule has 0 amide bonds. The van der Waals surface area contributed by atoms with Gasteiger partial charge in [0.1, 0.15) is 5.82 Å². The van der Waals surface area contributed by atoms with Gasteiger partial charge < -0.3 is 5.73 Å². The Balaban J connectivity index is 2.27. The van der Waals surface area contributed by atoms with E-state index in [2.05, 4.69) is 5.10 Å². The third-order valence-corrected chi connectivity index (χ3v) is 2.69. The van der Waals surface area contributed by atoms with Crippen LogP contribution in [0.5, 0.6) is 0 Å². The molecule has 0 radical (unpaired) electrons. The van der Waals surface area contributed by atoms with E-state index in [4.69, 9.17) is 5.73 Å². The van der Waals surface area contributed by atoms with E-state index in [1.807, 2.05) is 24.3 Å². The predicted octanol–water partition coefficient (Wildman–Crippen LogP) is 2.75. The summed E-state index contributed by atoms with van der Waals surface area (Å²) in [6.07, 6.45) is 0. The molecule has 0 saturated carbocycles. The second kappa shape index (κ2) is 3.59. The van der Waals surface area contributed by atoms with E-state index >= 15 is 0 Å². The molecule has 17 heavy (non-hydrogen) atoms. The van der Waals surface area contributed by atoms with Crippen LogP contribution in [0.4, 0.5) is 10.2 Å². The van der Waals surface area contributed by atoms with Gasteiger partial charge in [-0.3, -0.25) is 0 Å². The lowest BCUT2D eigenvalue weighted by molar-refractivity contribution is 0.627. The summed E-state index contributed by atoms with van der Waals surface area (Å²) < 4.78 is 14.6. The van der Waals surface area contributed by atoms with Crippen molar-refractivity contribution in [2.45, 2.75) is 0 Å². The maximum absolute atomic E-state index is 12.9. The lowest BCUT2D eigenvalue weighted by atomic mass is 10.2. The summed E-state index contributed by atoms with van der Waals surface area (Å²) in [5.41, 5.74) is 7.54. The molecule has 0 bridgehead atoms. The molecule has 1 aromatic heterocycles. The van der Waals surface area contributed by atoms with E-state index in [0.29, 0.717) is 5.82 Å². The fourth-order valence-electron chi connectivity index (χ4n) is 1.87. The zero-order valence-electron chi connectivity index (χ0n) is 8.97. The Morgan fingerprint density at radius 3 is 2.47 bits per heavy atom. The third-order valence-electron chi connectivity index (χ3n) is 2.69. The summed E-state index contributed by atoms with van der Waals surface area (Å²) in [5.74, 6) is 0.211. The number of para-hydroxylation sites is 1. The van der Waals surface area contributed by atoms with Gasteiger partial charge in [0.05, 0.1) is 11.2 Å². The minimum atomic E-state index is -0.266. The highest BCUT2D eigenvalue weighted by atomic mass is 19.1. The fraction of sp³-hybridized carbons (Fsp3) is 0. The van der Waals surface area contributed by atoms with Gasteiger partial charge in [-0.1, -0.05) is 12.1 Å². The Kier molecular flexibility index (Phi) is 2.08. The van der Waals surface area contributed by atoms with Crippen LogP contribution in [0.1, 0.15) is 0 Å².